The lowest BCUT2D eigenvalue weighted by Gasteiger charge is -2.11. The SMILES string of the molecule is Oc1ccccc1-n1c2ccccc2c2ccc(-c3cccc(Oc4cc(-c5cccc6ccccc56)ccn4)c3)nc21. The number of benzene rings is 5. The molecule has 0 radical (unpaired) electrons. The monoisotopic (exact) mass is 555 g/mol. The van der Waals surface area contributed by atoms with E-state index in [-0.39, 0.29) is 5.75 Å². The fraction of sp³-hybridized carbons (Fsp3) is 0. The van der Waals surface area contributed by atoms with Gasteiger partial charge in [-0.15, -0.1) is 0 Å². The highest BCUT2D eigenvalue weighted by Crippen LogP contribution is 2.36. The highest BCUT2D eigenvalue weighted by atomic mass is 16.5. The highest BCUT2D eigenvalue weighted by Gasteiger charge is 2.16. The van der Waals surface area contributed by atoms with Crippen LogP contribution in [0.1, 0.15) is 0 Å². The number of phenols is 1. The molecule has 0 saturated carbocycles. The molecule has 0 saturated heterocycles. The Bertz CT molecular complexity index is 2300. The quantitative estimate of drug-likeness (QED) is 0.230. The lowest BCUT2D eigenvalue weighted by atomic mass is 9.99. The molecule has 3 heterocycles. The molecule has 43 heavy (non-hydrogen) atoms. The second-order valence-corrected chi connectivity index (χ2v) is 10.4. The number of rotatable bonds is 5. The maximum atomic E-state index is 10.7. The zero-order valence-electron chi connectivity index (χ0n) is 23.1. The Kier molecular flexibility index (Phi) is 5.86. The van der Waals surface area contributed by atoms with E-state index in [0.29, 0.717) is 17.3 Å². The van der Waals surface area contributed by atoms with Crippen molar-refractivity contribution in [2.75, 3.05) is 0 Å². The van der Waals surface area contributed by atoms with E-state index in [1.54, 1.807) is 12.3 Å². The van der Waals surface area contributed by atoms with E-state index in [2.05, 4.69) is 65.6 Å². The third-order valence-electron chi connectivity index (χ3n) is 7.83. The fourth-order valence-electron chi connectivity index (χ4n) is 5.85. The summed E-state index contributed by atoms with van der Waals surface area (Å²) in [7, 11) is 0. The number of aromatic hydroxyl groups is 1. The Labute approximate surface area is 247 Å². The third-order valence-corrected chi connectivity index (χ3v) is 7.83. The molecule has 3 aromatic heterocycles. The molecule has 0 amide bonds. The molecular weight excluding hydrogens is 530 g/mol. The molecule has 0 aliphatic heterocycles. The van der Waals surface area contributed by atoms with Gasteiger partial charge in [0.25, 0.3) is 0 Å². The van der Waals surface area contributed by atoms with Crippen molar-refractivity contribution in [1.82, 2.24) is 14.5 Å². The van der Waals surface area contributed by atoms with E-state index in [4.69, 9.17) is 9.72 Å². The van der Waals surface area contributed by atoms with E-state index in [0.717, 1.165) is 44.3 Å². The van der Waals surface area contributed by atoms with Crippen molar-refractivity contribution in [3.05, 3.63) is 146 Å². The van der Waals surface area contributed by atoms with E-state index >= 15 is 0 Å². The smallest absolute Gasteiger partial charge is 0.219 e. The molecule has 0 atom stereocenters. The number of nitrogens with zero attached hydrogens (tertiary/aromatic N) is 3. The lowest BCUT2D eigenvalue weighted by Crippen LogP contribution is -1.97. The summed E-state index contributed by atoms with van der Waals surface area (Å²) in [6.45, 7) is 0. The average molecular weight is 556 g/mol. The van der Waals surface area contributed by atoms with Crippen molar-refractivity contribution >= 4 is 32.7 Å². The van der Waals surface area contributed by atoms with Crippen LogP contribution in [0.25, 0.3) is 60.8 Å². The second-order valence-electron chi connectivity index (χ2n) is 10.4. The van der Waals surface area contributed by atoms with Gasteiger partial charge in [-0.05, 0) is 70.4 Å². The summed E-state index contributed by atoms with van der Waals surface area (Å²) in [6, 6.07) is 46.2. The average Bonchev–Trinajstić information content (AvgIpc) is 3.38. The molecule has 8 rings (SSSR count). The van der Waals surface area contributed by atoms with Crippen LogP contribution < -0.4 is 4.74 Å². The number of ether oxygens (including phenoxy) is 1. The predicted octanol–water partition coefficient (Wildman–Crippen LogP) is 9.56. The minimum atomic E-state index is 0.200. The van der Waals surface area contributed by atoms with Crippen LogP contribution >= 0.6 is 0 Å². The van der Waals surface area contributed by atoms with Gasteiger partial charge >= 0.3 is 0 Å². The van der Waals surface area contributed by atoms with Crippen LogP contribution in [0.5, 0.6) is 17.4 Å². The molecule has 0 aliphatic carbocycles. The minimum absolute atomic E-state index is 0.200. The van der Waals surface area contributed by atoms with Gasteiger partial charge in [-0.3, -0.25) is 4.57 Å². The number of pyridine rings is 2. The molecule has 0 spiro atoms. The summed E-state index contributed by atoms with van der Waals surface area (Å²) in [5.74, 6) is 1.39. The number of para-hydroxylation sites is 3. The fourth-order valence-corrected chi connectivity index (χ4v) is 5.85. The molecule has 1 N–H and O–H groups in total. The first kappa shape index (κ1) is 24.8. The van der Waals surface area contributed by atoms with Gasteiger partial charge in [0.15, 0.2) is 0 Å². The van der Waals surface area contributed by atoms with Gasteiger partial charge in [0.2, 0.25) is 5.88 Å². The first-order chi connectivity index (χ1) is 21.2. The first-order valence-electron chi connectivity index (χ1n) is 14.1. The molecule has 0 aliphatic rings. The number of fused-ring (bicyclic) bond motifs is 4. The molecule has 0 unspecified atom stereocenters. The number of hydrogen-bond acceptors (Lipinski definition) is 4. The summed E-state index contributed by atoms with van der Waals surface area (Å²) in [5.41, 5.74) is 6.34. The van der Waals surface area contributed by atoms with Gasteiger partial charge in [0.1, 0.15) is 17.1 Å². The molecule has 8 aromatic rings. The van der Waals surface area contributed by atoms with E-state index < -0.39 is 0 Å². The zero-order valence-corrected chi connectivity index (χ0v) is 23.1. The van der Waals surface area contributed by atoms with Crippen LogP contribution in [0.2, 0.25) is 0 Å². The van der Waals surface area contributed by atoms with Crippen LogP contribution in [-0.2, 0) is 0 Å². The molecule has 204 valence electrons. The van der Waals surface area contributed by atoms with Crippen LogP contribution in [0.4, 0.5) is 0 Å². The van der Waals surface area contributed by atoms with Gasteiger partial charge < -0.3 is 9.84 Å². The summed E-state index contributed by atoms with van der Waals surface area (Å²) in [5, 5.41) is 15.2. The molecule has 5 nitrogen and oxygen atoms in total. The van der Waals surface area contributed by atoms with Crippen LogP contribution in [-0.4, -0.2) is 19.6 Å². The Morgan fingerprint density at radius 3 is 2.33 bits per heavy atom. The standard InChI is InChI=1S/C38H25N3O2/c42-36-18-6-5-17-35(36)41-34-16-4-3-14-31(34)32-19-20-33(40-38(32)41)27-11-7-12-28(23-27)43-37-24-26(21-22-39-37)30-15-8-10-25-9-1-2-13-29(25)30/h1-24,42H. The van der Waals surface area contributed by atoms with Gasteiger partial charge in [0.05, 0.1) is 16.9 Å². The molecular formula is C38H25N3O2. The molecule has 0 bridgehead atoms. The number of phenolic OH excluding ortho intramolecular Hbond substituents is 1. The Morgan fingerprint density at radius 2 is 1.40 bits per heavy atom. The topological polar surface area (TPSA) is 60.2 Å². The van der Waals surface area contributed by atoms with Crippen molar-refractivity contribution < 1.29 is 9.84 Å². The molecule has 0 fully saturated rings. The lowest BCUT2D eigenvalue weighted by molar-refractivity contribution is 0.463. The van der Waals surface area contributed by atoms with Crippen molar-refractivity contribution in [3.63, 3.8) is 0 Å². The Balaban J connectivity index is 1.18. The van der Waals surface area contributed by atoms with Gasteiger partial charge in [-0.2, -0.15) is 0 Å². The van der Waals surface area contributed by atoms with E-state index in [1.165, 1.54) is 10.8 Å². The molecule has 5 heteroatoms. The Hall–Kier alpha value is -5.94. The summed E-state index contributed by atoms with van der Waals surface area (Å²) < 4.78 is 8.30. The van der Waals surface area contributed by atoms with Crippen molar-refractivity contribution in [1.29, 1.82) is 0 Å². The van der Waals surface area contributed by atoms with Crippen molar-refractivity contribution in [3.8, 4) is 45.5 Å². The van der Waals surface area contributed by atoms with Crippen LogP contribution in [0.3, 0.4) is 0 Å². The maximum absolute atomic E-state index is 10.7. The summed E-state index contributed by atoms with van der Waals surface area (Å²) in [6.07, 6.45) is 1.78. The minimum Gasteiger partial charge on any atom is -0.506 e. The zero-order chi connectivity index (χ0) is 28.8. The van der Waals surface area contributed by atoms with Crippen molar-refractivity contribution in [2.24, 2.45) is 0 Å². The second kappa shape index (κ2) is 10.2. The van der Waals surface area contributed by atoms with Crippen LogP contribution in [0, 0.1) is 0 Å². The first-order valence-corrected chi connectivity index (χ1v) is 14.1. The number of aromatic nitrogens is 3. The predicted molar refractivity (Wildman–Crippen MR) is 173 cm³/mol. The van der Waals surface area contributed by atoms with Gasteiger partial charge in [-0.25, -0.2) is 9.97 Å². The van der Waals surface area contributed by atoms with E-state index in [9.17, 15) is 5.11 Å². The summed E-state index contributed by atoms with van der Waals surface area (Å²) in [4.78, 5) is 9.61. The maximum Gasteiger partial charge on any atom is 0.219 e. The third kappa shape index (κ3) is 4.35. The number of hydrogen-bond donors (Lipinski definition) is 1. The van der Waals surface area contributed by atoms with Gasteiger partial charge in [0, 0.05) is 28.6 Å². The Morgan fingerprint density at radius 1 is 0.605 bits per heavy atom. The normalized spacial score (nSPS) is 11.3. The van der Waals surface area contributed by atoms with E-state index in [1.807, 2.05) is 77.4 Å². The van der Waals surface area contributed by atoms with Crippen LogP contribution in [0.15, 0.2) is 146 Å². The summed E-state index contributed by atoms with van der Waals surface area (Å²) >= 11 is 0. The van der Waals surface area contributed by atoms with Gasteiger partial charge in [-0.1, -0.05) is 84.9 Å². The van der Waals surface area contributed by atoms with Crippen molar-refractivity contribution in [2.45, 2.75) is 0 Å². The highest BCUT2D eigenvalue weighted by molar-refractivity contribution is 6.08. The largest absolute Gasteiger partial charge is 0.506 e. The molecule has 5 aromatic carbocycles.